The Bertz CT molecular complexity index is 735. The van der Waals surface area contributed by atoms with Crippen LogP contribution in [0.15, 0.2) is 42.5 Å². The number of ether oxygens (including phenoxy) is 4. The van der Waals surface area contributed by atoms with Crippen molar-refractivity contribution in [3.8, 4) is 23.0 Å². The van der Waals surface area contributed by atoms with E-state index in [1.807, 2.05) is 42.5 Å². The van der Waals surface area contributed by atoms with Gasteiger partial charge in [0, 0.05) is 19.1 Å². The van der Waals surface area contributed by atoms with Crippen LogP contribution >= 0.6 is 0 Å². The molecule has 0 aliphatic heterocycles. The summed E-state index contributed by atoms with van der Waals surface area (Å²) in [7, 11) is 4.89. The van der Waals surface area contributed by atoms with E-state index in [2.05, 4.69) is 18.7 Å². The average molecular weight is 404 g/mol. The van der Waals surface area contributed by atoms with Crippen LogP contribution in [0.1, 0.15) is 25.8 Å². The molecule has 0 saturated heterocycles. The summed E-state index contributed by atoms with van der Waals surface area (Å²) in [4.78, 5) is 2.25. The molecule has 1 N–H and O–H groups in total. The SMILES string of the molecule is CC[C@@H](C)N(Cc1ccc(OC)c(OC)c1)C[C@H](O)COc1ccc(OC)cc1. The molecule has 2 atom stereocenters. The van der Waals surface area contributed by atoms with Crippen LogP contribution in [0, 0.1) is 0 Å². The molecular formula is C23H33NO5. The van der Waals surface area contributed by atoms with E-state index in [0.717, 1.165) is 17.7 Å². The van der Waals surface area contributed by atoms with Crippen LogP contribution < -0.4 is 18.9 Å². The monoisotopic (exact) mass is 403 g/mol. The van der Waals surface area contributed by atoms with Crippen LogP contribution in [0.3, 0.4) is 0 Å². The minimum Gasteiger partial charge on any atom is -0.497 e. The second-order valence-corrected chi connectivity index (χ2v) is 7.02. The zero-order chi connectivity index (χ0) is 21.2. The number of rotatable bonds is 12. The molecule has 0 bridgehead atoms. The molecule has 6 nitrogen and oxygen atoms in total. The number of methoxy groups -OCH3 is 3. The third-order valence-electron chi connectivity index (χ3n) is 4.99. The first-order valence-corrected chi connectivity index (χ1v) is 9.90. The number of hydrogen-bond donors (Lipinski definition) is 1. The molecule has 2 aromatic carbocycles. The molecule has 29 heavy (non-hydrogen) atoms. The average Bonchev–Trinajstić information content (AvgIpc) is 2.76. The van der Waals surface area contributed by atoms with Crippen LogP contribution in [-0.2, 0) is 6.54 Å². The van der Waals surface area contributed by atoms with Crippen molar-refractivity contribution < 1.29 is 24.1 Å². The number of aliphatic hydroxyl groups is 1. The Kier molecular flexibility index (Phi) is 9.09. The minimum absolute atomic E-state index is 0.227. The van der Waals surface area contributed by atoms with Crippen molar-refractivity contribution in [1.82, 2.24) is 4.90 Å². The number of benzene rings is 2. The first-order chi connectivity index (χ1) is 14.0. The first-order valence-electron chi connectivity index (χ1n) is 9.90. The zero-order valence-corrected chi connectivity index (χ0v) is 18.1. The highest BCUT2D eigenvalue weighted by atomic mass is 16.5. The summed E-state index contributed by atoms with van der Waals surface area (Å²) in [6.45, 7) is 5.75. The second kappa shape index (κ2) is 11.5. The summed E-state index contributed by atoms with van der Waals surface area (Å²) >= 11 is 0. The molecule has 0 amide bonds. The number of hydrogen-bond acceptors (Lipinski definition) is 6. The Labute approximate surface area is 174 Å². The summed E-state index contributed by atoms with van der Waals surface area (Å²) in [6, 6.07) is 13.6. The molecule has 160 valence electrons. The maximum Gasteiger partial charge on any atom is 0.161 e. The largest absolute Gasteiger partial charge is 0.497 e. The van der Waals surface area contributed by atoms with Crippen LogP contribution in [-0.4, -0.2) is 56.6 Å². The highest BCUT2D eigenvalue weighted by Gasteiger charge is 2.18. The highest BCUT2D eigenvalue weighted by molar-refractivity contribution is 5.42. The lowest BCUT2D eigenvalue weighted by molar-refractivity contribution is 0.0506. The van der Waals surface area contributed by atoms with E-state index < -0.39 is 6.10 Å². The maximum atomic E-state index is 10.6. The fourth-order valence-electron chi connectivity index (χ4n) is 3.06. The highest BCUT2D eigenvalue weighted by Crippen LogP contribution is 2.28. The van der Waals surface area contributed by atoms with E-state index in [-0.39, 0.29) is 6.61 Å². The van der Waals surface area contributed by atoms with Gasteiger partial charge in [0.2, 0.25) is 0 Å². The van der Waals surface area contributed by atoms with E-state index in [4.69, 9.17) is 18.9 Å². The predicted molar refractivity (Wildman–Crippen MR) is 114 cm³/mol. The van der Waals surface area contributed by atoms with E-state index in [0.29, 0.717) is 36.4 Å². The lowest BCUT2D eigenvalue weighted by Gasteiger charge is -2.30. The lowest BCUT2D eigenvalue weighted by Crippen LogP contribution is -2.40. The van der Waals surface area contributed by atoms with Gasteiger partial charge in [-0.05, 0) is 55.3 Å². The van der Waals surface area contributed by atoms with Crippen molar-refractivity contribution in [3.05, 3.63) is 48.0 Å². The lowest BCUT2D eigenvalue weighted by atomic mass is 10.1. The molecule has 0 aliphatic carbocycles. The van der Waals surface area contributed by atoms with Crippen molar-refractivity contribution in [2.24, 2.45) is 0 Å². The van der Waals surface area contributed by atoms with Gasteiger partial charge in [0.05, 0.1) is 21.3 Å². The normalized spacial score (nSPS) is 13.1. The molecule has 0 heterocycles. The van der Waals surface area contributed by atoms with E-state index in [9.17, 15) is 5.11 Å². The Hall–Kier alpha value is -2.44. The molecule has 6 heteroatoms. The molecule has 2 aromatic rings. The molecule has 2 rings (SSSR count). The van der Waals surface area contributed by atoms with Crippen molar-refractivity contribution >= 4 is 0 Å². The molecular weight excluding hydrogens is 370 g/mol. The molecule has 0 fully saturated rings. The van der Waals surface area contributed by atoms with Gasteiger partial charge in [-0.1, -0.05) is 13.0 Å². The van der Waals surface area contributed by atoms with Gasteiger partial charge in [-0.25, -0.2) is 0 Å². The summed E-state index contributed by atoms with van der Waals surface area (Å²) in [5.74, 6) is 2.90. The molecule has 0 aliphatic rings. The molecule has 0 unspecified atom stereocenters. The quantitative estimate of drug-likeness (QED) is 0.582. The fourth-order valence-corrected chi connectivity index (χ4v) is 3.06. The fraction of sp³-hybridized carbons (Fsp3) is 0.478. The maximum absolute atomic E-state index is 10.6. The van der Waals surface area contributed by atoms with Crippen LogP contribution in [0.25, 0.3) is 0 Å². The van der Waals surface area contributed by atoms with Gasteiger partial charge in [0.25, 0.3) is 0 Å². The summed E-state index contributed by atoms with van der Waals surface area (Å²) in [6.07, 6.45) is 0.380. The van der Waals surface area contributed by atoms with Crippen LogP contribution in [0.5, 0.6) is 23.0 Å². The first kappa shape index (κ1) is 22.8. The van der Waals surface area contributed by atoms with Crippen molar-refractivity contribution in [3.63, 3.8) is 0 Å². The summed E-state index contributed by atoms with van der Waals surface area (Å²) in [5.41, 5.74) is 1.10. The molecule has 0 spiro atoms. The topological polar surface area (TPSA) is 60.4 Å². The van der Waals surface area contributed by atoms with Crippen molar-refractivity contribution in [2.45, 2.75) is 39.0 Å². The minimum atomic E-state index is -0.605. The van der Waals surface area contributed by atoms with E-state index >= 15 is 0 Å². The Morgan fingerprint density at radius 2 is 1.55 bits per heavy atom. The van der Waals surface area contributed by atoms with Gasteiger partial charge in [-0.15, -0.1) is 0 Å². The van der Waals surface area contributed by atoms with Crippen molar-refractivity contribution in [2.75, 3.05) is 34.5 Å². The predicted octanol–water partition coefficient (Wildman–Crippen LogP) is 3.75. The summed E-state index contributed by atoms with van der Waals surface area (Å²) < 4.78 is 21.6. The van der Waals surface area contributed by atoms with Gasteiger partial charge >= 0.3 is 0 Å². The Morgan fingerprint density at radius 3 is 2.14 bits per heavy atom. The van der Waals surface area contributed by atoms with E-state index in [1.54, 1.807) is 21.3 Å². The van der Waals surface area contributed by atoms with Gasteiger partial charge in [-0.2, -0.15) is 0 Å². The van der Waals surface area contributed by atoms with Gasteiger partial charge in [0.15, 0.2) is 11.5 Å². The van der Waals surface area contributed by atoms with Crippen molar-refractivity contribution in [1.29, 1.82) is 0 Å². The third kappa shape index (κ3) is 6.84. The van der Waals surface area contributed by atoms with Crippen LogP contribution in [0.4, 0.5) is 0 Å². The second-order valence-electron chi connectivity index (χ2n) is 7.02. The number of nitrogens with zero attached hydrogens (tertiary/aromatic N) is 1. The molecule has 0 radical (unpaired) electrons. The molecule has 0 saturated carbocycles. The van der Waals surface area contributed by atoms with Gasteiger partial charge in [0.1, 0.15) is 24.2 Å². The Morgan fingerprint density at radius 1 is 0.897 bits per heavy atom. The summed E-state index contributed by atoms with van der Waals surface area (Å²) in [5, 5.41) is 10.6. The number of aliphatic hydroxyl groups excluding tert-OH is 1. The van der Waals surface area contributed by atoms with Gasteiger partial charge < -0.3 is 24.1 Å². The Balaban J connectivity index is 1.98. The smallest absolute Gasteiger partial charge is 0.161 e. The zero-order valence-electron chi connectivity index (χ0n) is 18.1. The third-order valence-corrected chi connectivity index (χ3v) is 4.99. The molecule has 0 aromatic heterocycles. The van der Waals surface area contributed by atoms with Gasteiger partial charge in [-0.3, -0.25) is 4.90 Å². The standard InChI is InChI=1S/C23H33NO5/c1-6-17(2)24(14-18-7-12-22(27-4)23(13-18)28-5)15-19(25)16-29-21-10-8-20(26-3)9-11-21/h7-13,17,19,25H,6,14-16H2,1-5H3/t17-,19+/m1/s1. The van der Waals surface area contributed by atoms with E-state index in [1.165, 1.54) is 0 Å². The van der Waals surface area contributed by atoms with Crippen LogP contribution in [0.2, 0.25) is 0 Å².